The molecule has 15 heteroatoms. The van der Waals surface area contributed by atoms with Gasteiger partial charge in [-0.25, -0.2) is 0 Å². The zero-order valence-electron chi connectivity index (χ0n) is 10.9. The monoisotopic (exact) mass is 398 g/mol. The molecular formula is C6H25CuNO12S. The summed E-state index contributed by atoms with van der Waals surface area (Å²) in [6.07, 6.45) is 0. The molecule has 143 valence electrons. The van der Waals surface area contributed by atoms with Crippen molar-refractivity contribution in [2.75, 3.05) is 39.5 Å². The Hall–Kier alpha value is 0.0295. The summed E-state index contributed by atoms with van der Waals surface area (Å²) in [5.41, 5.74) is 0. The molecule has 0 heterocycles. The maximum atomic E-state index is 8.52. The number of rotatable bonds is 6. The van der Waals surface area contributed by atoms with E-state index in [1.165, 1.54) is 0 Å². The van der Waals surface area contributed by atoms with Crippen LogP contribution in [0.4, 0.5) is 0 Å². The van der Waals surface area contributed by atoms with Crippen LogP contribution in [0.5, 0.6) is 0 Å². The first kappa shape index (κ1) is 49.7. The third-order valence-electron chi connectivity index (χ3n) is 1.25. The van der Waals surface area contributed by atoms with Crippen molar-refractivity contribution in [2.24, 2.45) is 0 Å². The molecule has 0 spiro atoms. The van der Waals surface area contributed by atoms with Crippen molar-refractivity contribution in [2.45, 2.75) is 0 Å². The van der Waals surface area contributed by atoms with Gasteiger partial charge in [0.2, 0.25) is 0 Å². The van der Waals surface area contributed by atoms with Gasteiger partial charge < -0.3 is 51.8 Å². The SMILES string of the molecule is O.O.O.O.O.O=S(=O)([O-])[O-].OCCN(CCO)CCO.[Cu+2]. The zero-order chi connectivity index (χ0) is 12.3. The fourth-order valence-electron chi connectivity index (χ4n) is 0.760. The van der Waals surface area contributed by atoms with E-state index in [-0.39, 0.29) is 64.3 Å². The summed E-state index contributed by atoms with van der Waals surface area (Å²) in [6.45, 7) is 1.75. The van der Waals surface area contributed by atoms with Crippen molar-refractivity contribution < 1.29 is 77.3 Å². The molecule has 1 radical (unpaired) electrons. The maximum Gasteiger partial charge on any atom is 2.00 e. The van der Waals surface area contributed by atoms with E-state index in [9.17, 15) is 0 Å². The van der Waals surface area contributed by atoms with E-state index >= 15 is 0 Å². The molecule has 0 saturated heterocycles. The molecule has 0 aromatic carbocycles. The minimum atomic E-state index is -5.17. The molecule has 0 fully saturated rings. The molecule has 13 N–H and O–H groups in total. The molecule has 0 aromatic heterocycles. The molecule has 0 bridgehead atoms. The van der Waals surface area contributed by atoms with E-state index in [1.54, 1.807) is 4.90 Å². The van der Waals surface area contributed by atoms with Gasteiger partial charge >= 0.3 is 17.1 Å². The zero-order valence-corrected chi connectivity index (χ0v) is 12.6. The smallest absolute Gasteiger partial charge is 0.759 e. The molecular weight excluding hydrogens is 374 g/mol. The van der Waals surface area contributed by atoms with E-state index in [2.05, 4.69) is 0 Å². The number of aliphatic hydroxyl groups is 3. The molecule has 0 unspecified atom stereocenters. The minimum absolute atomic E-state index is 0. The van der Waals surface area contributed by atoms with Gasteiger partial charge in [0.15, 0.2) is 0 Å². The normalized spacial score (nSPS) is 7.90. The molecule has 0 amide bonds. The van der Waals surface area contributed by atoms with Crippen LogP contribution in [0.2, 0.25) is 0 Å². The average molecular weight is 399 g/mol. The second-order valence-corrected chi connectivity index (χ2v) is 3.24. The van der Waals surface area contributed by atoms with Crippen molar-refractivity contribution in [3.05, 3.63) is 0 Å². The molecule has 0 saturated carbocycles. The standard InChI is InChI=1S/C6H15NO3.Cu.H2O4S.5H2O/c8-4-1-7(2-5-9)3-6-10;;1-5(2,3)4;;;;;/h8-10H,1-6H2;;(H2,1,2,3,4);5*1H2/q;+2;;;;;;/p-2. The predicted molar refractivity (Wildman–Crippen MR) is 66.2 cm³/mol. The van der Waals surface area contributed by atoms with E-state index in [0.717, 1.165) is 0 Å². The molecule has 0 aliphatic heterocycles. The summed E-state index contributed by atoms with van der Waals surface area (Å²) in [6, 6.07) is 0. The predicted octanol–water partition coefficient (Wildman–Crippen LogP) is -7.20. The molecule has 21 heavy (non-hydrogen) atoms. The van der Waals surface area contributed by atoms with E-state index in [0.29, 0.717) is 19.6 Å². The number of nitrogens with zero attached hydrogens (tertiary/aromatic N) is 1. The van der Waals surface area contributed by atoms with Gasteiger partial charge in [-0.1, -0.05) is 0 Å². The van der Waals surface area contributed by atoms with Gasteiger partial charge in [-0.2, -0.15) is 0 Å². The van der Waals surface area contributed by atoms with Crippen molar-refractivity contribution in [3.8, 4) is 0 Å². The van der Waals surface area contributed by atoms with Crippen LogP contribution in [0.3, 0.4) is 0 Å². The number of hydrogen-bond acceptors (Lipinski definition) is 8. The summed E-state index contributed by atoms with van der Waals surface area (Å²) in [7, 11) is -5.17. The van der Waals surface area contributed by atoms with Crippen LogP contribution in [0.1, 0.15) is 0 Å². The van der Waals surface area contributed by atoms with Gasteiger partial charge in [-0.15, -0.1) is 0 Å². The van der Waals surface area contributed by atoms with Crippen LogP contribution in [-0.2, 0) is 27.5 Å². The van der Waals surface area contributed by atoms with E-state index in [1.807, 2.05) is 0 Å². The summed E-state index contributed by atoms with van der Waals surface area (Å²) < 4.78 is 34.1. The van der Waals surface area contributed by atoms with E-state index < -0.39 is 10.4 Å². The Morgan fingerprint density at radius 1 is 0.714 bits per heavy atom. The largest absolute Gasteiger partial charge is 2.00 e. The van der Waals surface area contributed by atoms with Crippen LogP contribution in [0.25, 0.3) is 0 Å². The van der Waals surface area contributed by atoms with Gasteiger partial charge in [-0.3, -0.25) is 13.3 Å². The summed E-state index contributed by atoms with van der Waals surface area (Å²) in [4.78, 5) is 1.79. The Labute approximate surface area is 132 Å². The molecule has 0 rings (SSSR count). The number of hydrogen-bond donors (Lipinski definition) is 3. The maximum absolute atomic E-state index is 8.52. The summed E-state index contributed by atoms with van der Waals surface area (Å²) in [5, 5.41) is 25.5. The first-order chi connectivity index (χ1) is 6.85. The van der Waals surface area contributed by atoms with Crippen molar-refractivity contribution in [1.29, 1.82) is 0 Å². The third-order valence-corrected chi connectivity index (χ3v) is 1.25. The van der Waals surface area contributed by atoms with Crippen LogP contribution in [-0.4, -0.2) is 105 Å². The van der Waals surface area contributed by atoms with Crippen LogP contribution in [0, 0.1) is 0 Å². The summed E-state index contributed by atoms with van der Waals surface area (Å²) in [5.74, 6) is 0. The Morgan fingerprint density at radius 3 is 0.952 bits per heavy atom. The van der Waals surface area contributed by atoms with Crippen molar-refractivity contribution in [3.63, 3.8) is 0 Å². The van der Waals surface area contributed by atoms with Crippen LogP contribution >= 0.6 is 0 Å². The minimum Gasteiger partial charge on any atom is -0.759 e. The Balaban J connectivity index is -0.0000000231. The first-order valence-corrected chi connectivity index (χ1v) is 5.40. The Bertz CT molecular complexity index is 206. The van der Waals surface area contributed by atoms with Gasteiger partial charge in [0.05, 0.1) is 19.8 Å². The quantitative estimate of drug-likeness (QED) is 0.218. The van der Waals surface area contributed by atoms with Crippen molar-refractivity contribution >= 4 is 10.4 Å². The molecule has 0 atom stereocenters. The van der Waals surface area contributed by atoms with Gasteiger partial charge in [0.1, 0.15) is 0 Å². The Morgan fingerprint density at radius 2 is 0.857 bits per heavy atom. The molecule has 0 aromatic rings. The number of aliphatic hydroxyl groups excluding tert-OH is 3. The van der Waals surface area contributed by atoms with Crippen molar-refractivity contribution in [1.82, 2.24) is 4.90 Å². The topological polar surface area (TPSA) is 302 Å². The van der Waals surface area contributed by atoms with Gasteiger partial charge in [0, 0.05) is 30.0 Å². The first-order valence-electron chi connectivity index (χ1n) is 4.06. The Kier molecular flexibility index (Phi) is 76.0. The van der Waals surface area contributed by atoms with Gasteiger partial charge in [-0.05, 0) is 0 Å². The molecule has 0 aliphatic rings. The molecule has 0 aliphatic carbocycles. The van der Waals surface area contributed by atoms with Crippen LogP contribution in [0.15, 0.2) is 0 Å². The molecule has 13 nitrogen and oxygen atoms in total. The van der Waals surface area contributed by atoms with Gasteiger partial charge in [0.25, 0.3) is 0 Å². The van der Waals surface area contributed by atoms with Crippen LogP contribution < -0.4 is 0 Å². The average Bonchev–Trinajstić information content (AvgIpc) is 2.02. The second-order valence-electron chi connectivity index (χ2n) is 2.42. The fraction of sp³-hybridized carbons (Fsp3) is 1.00. The fourth-order valence-corrected chi connectivity index (χ4v) is 0.760. The third kappa shape index (κ3) is 79.9. The summed E-state index contributed by atoms with van der Waals surface area (Å²) >= 11 is 0. The van der Waals surface area contributed by atoms with E-state index in [4.69, 9.17) is 32.8 Å². The second kappa shape index (κ2) is 32.1.